The van der Waals surface area contributed by atoms with Crippen molar-refractivity contribution in [2.45, 2.75) is 38.5 Å². The molecule has 0 bridgehead atoms. The van der Waals surface area contributed by atoms with Crippen LogP contribution in [0.25, 0.3) is 11.0 Å². The van der Waals surface area contributed by atoms with Gasteiger partial charge in [0, 0.05) is 21.8 Å². The summed E-state index contributed by atoms with van der Waals surface area (Å²) in [5.74, 6) is 1.55. The Morgan fingerprint density at radius 2 is 1.79 bits per heavy atom. The molecule has 1 aliphatic rings. The second-order valence-electron chi connectivity index (χ2n) is 7.37. The Bertz CT molecular complexity index is 1030. The van der Waals surface area contributed by atoms with Crippen LogP contribution in [0, 0.1) is 13.1 Å². The third-order valence-electron chi connectivity index (χ3n) is 5.43. The molecule has 2 aromatic carbocycles. The molecule has 28 heavy (non-hydrogen) atoms. The number of phenols is 1. The molecule has 0 aliphatic heterocycles. The number of rotatable bonds is 4. The third kappa shape index (κ3) is 4.14. The first kappa shape index (κ1) is 20.7. The van der Waals surface area contributed by atoms with Crippen molar-refractivity contribution in [3.05, 3.63) is 58.8 Å². The Hall–Kier alpha value is -0.610. The van der Waals surface area contributed by atoms with Crippen molar-refractivity contribution in [1.82, 2.24) is 0 Å². The molecular weight excluding hydrogens is 646 g/mol. The molecule has 0 saturated heterocycles. The Balaban J connectivity index is 1.82. The number of ketones is 1. The second-order valence-corrected chi connectivity index (χ2v) is 10.6. The van der Waals surface area contributed by atoms with Crippen molar-refractivity contribution in [2.75, 3.05) is 0 Å². The molecule has 3 aromatic rings. The van der Waals surface area contributed by atoms with Gasteiger partial charge in [0.2, 0.25) is 0 Å². The van der Waals surface area contributed by atoms with E-state index in [1.54, 1.807) is 12.1 Å². The maximum Gasteiger partial charge on any atom is 0.197 e. The maximum absolute atomic E-state index is 13.5. The van der Waals surface area contributed by atoms with Gasteiger partial charge in [-0.2, -0.15) is 0 Å². The average Bonchev–Trinajstić information content (AvgIpc) is 3.02. The minimum atomic E-state index is -0.0431. The van der Waals surface area contributed by atoms with E-state index < -0.39 is 0 Å². The molecule has 1 N–H and O–H groups in total. The smallest absolute Gasteiger partial charge is 0.197 e. The zero-order valence-electron chi connectivity index (χ0n) is 15.1. The lowest BCUT2D eigenvalue weighted by atomic mass is 9.85. The first-order valence-electron chi connectivity index (χ1n) is 9.37. The van der Waals surface area contributed by atoms with Crippen molar-refractivity contribution in [1.29, 1.82) is 0 Å². The summed E-state index contributed by atoms with van der Waals surface area (Å²) in [6.07, 6.45) is 7.02. The van der Waals surface area contributed by atoms with Gasteiger partial charge in [-0.3, -0.25) is 4.79 Å². The SMILES string of the molecule is O=C(c1cc(I)c(O)c(I)c1)c1c(CC2CCCCC2)oc2ccc(Br)cc12. The number of hydrogen-bond donors (Lipinski definition) is 1. The van der Waals surface area contributed by atoms with Crippen molar-refractivity contribution in [3.63, 3.8) is 0 Å². The van der Waals surface area contributed by atoms with Crippen LogP contribution in [-0.2, 0) is 6.42 Å². The van der Waals surface area contributed by atoms with E-state index in [9.17, 15) is 9.90 Å². The van der Waals surface area contributed by atoms with Crippen molar-refractivity contribution >= 4 is 77.9 Å². The summed E-state index contributed by atoms with van der Waals surface area (Å²) < 4.78 is 8.47. The molecule has 1 aromatic heterocycles. The van der Waals surface area contributed by atoms with Crippen molar-refractivity contribution in [2.24, 2.45) is 5.92 Å². The van der Waals surface area contributed by atoms with Crippen LogP contribution in [0.5, 0.6) is 5.75 Å². The Morgan fingerprint density at radius 3 is 2.46 bits per heavy atom. The molecule has 1 fully saturated rings. The van der Waals surface area contributed by atoms with Crippen molar-refractivity contribution < 1.29 is 14.3 Å². The highest BCUT2D eigenvalue weighted by molar-refractivity contribution is 14.1. The lowest BCUT2D eigenvalue weighted by Gasteiger charge is -2.20. The highest BCUT2D eigenvalue weighted by Gasteiger charge is 2.26. The first-order valence-corrected chi connectivity index (χ1v) is 12.3. The topological polar surface area (TPSA) is 50.4 Å². The van der Waals surface area contributed by atoms with Crippen LogP contribution in [0.3, 0.4) is 0 Å². The number of fused-ring (bicyclic) bond motifs is 1. The molecule has 1 aliphatic carbocycles. The highest BCUT2D eigenvalue weighted by Crippen LogP contribution is 2.36. The summed E-state index contributed by atoms with van der Waals surface area (Å²) >= 11 is 7.65. The zero-order chi connectivity index (χ0) is 19.8. The molecule has 146 valence electrons. The average molecular weight is 665 g/mol. The van der Waals surface area contributed by atoms with E-state index in [4.69, 9.17) is 4.42 Å². The van der Waals surface area contributed by atoms with Gasteiger partial charge in [0.15, 0.2) is 5.78 Å². The van der Waals surface area contributed by atoms with Crippen LogP contribution in [0.2, 0.25) is 0 Å². The fraction of sp³-hybridized carbons (Fsp3) is 0.318. The quantitative estimate of drug-likeness (QED) is 0.233. The standard InChI is InChI=1S/C22H19BrI2O3/c23-14-6-7-18-15(11-14)20(19(28-18)8-12-4-2-1-3-5-12)21(26)13-9-16(24)22(27)17(25)10-13/h6-7,9-12,27H,1-5,8H2. The normalized spacial score (nSPS) is 15.2. The van der Waals surface area contributed by atoms with Gasteiger partial charge in [-0.25, -0.2) is 0 Å². The minimum Gasteiger partial charge on any atom is -0.506 e. The number of carbonyl (C=O) groups is 1. The summed E-state index contributed by atoms with van der Waals surface area (Å²) in [5, 5.41) is 10.9. The molecule has 0 atom stereocenters. The largest absolute Gasteiger partial charge is 0.506 e. The zero-order valence-corrected chi connectivity index (χ0v) is 21.0. The first-order chi connectivity index (χ1) is 13.4. The van der Waals surface area contributed by atoms with Crippen LogP contribution in [0.1, 0.15) is 53.8 Å². The van der Waals surface area contributed by atoms with Gasteiger partial charge in [0.1, 0.15) is 17.1 Å². The van der Waals surface area contributed by atoms with E-state index in [-0.39, 0.29) is 11.5 Å². The highest BCUT2D eigenvalue weighted by atomic mass is 127. The van der Waals surface area contributed by atoms with Gasteiger partial charge in [-0.1, -0.05) is 48.0 Å². The molecule has 1 saturated carbocycles. The van der Waals surface area contributed by atoms with Gasteiger partial charge in [-0.05, 0) is 81.4 Å². The van der Waals surface area contributed by atoms with E-state index in [0.717, 1.165) is 27.6 Å². The summed E-state index contributed by atoms with van der Waals surface area (Å²) in [6.45, 7) is 0. The van der Waals surface area contributed by atoms with Crippen molar-refractivity contribution in [3.8, 4) is 5.75 Å². The van der Waals surface area contributed by atoms with Crippen LogP contribution in [0.4, 0.5) is 0 Å². The number of phenolic OH excluding ortho intramolecular Hbond substituents is 1. The number of hydrogen-bond acceptors (Lipinski definition) is 3. The van der Waals surface area contributed by atoms with Gasteiger partial charge in [0.05, 0.1) is 12.7 Å². The summed E-state index contributed by atoms with van der Waals surface area (Å²) in [7, 11) is 0. The van der Waals surface area contributed by atoms with Gasteiger partial charge in [0.25, 0.3) is 0 Å². The fourth-order valence-corrected chi connectivity index (χ4v) is 6.14. The van der Waals surface area contributed by atoms with Crippen LogP contribution in [-0.4, -0.2) is 10.9 Å². The van der Waals surface area contributed by atoms with E-state index >= 15 is 0 Å². The Morgan fingerprint density at radius 1 is 1.11 bits per heavy atom. The predicted octanol–water partition coefficient (Wildman–Crippen LogP) is 7.46. The summed E-state index contributed by atoms with van der Waals surface area (Å²) in [5.41, 5.74) is 2.00. The lowest BCUT2D eigenvalue weighted by Crippen LogP contribution is -2.12. The molecule has 0 radical (unpaired) electrons. The van der Waals surface area contributed by atoms with E-state index in [0.29, 0.717) is 24.2 Å². The number of carbonyl (C=O) groups excluding carboxylic acids is 1. The predicted molar refractivity (Wildman–Crippen MR) is 131 cm³/mol. The van der Waals surface area contributed by atoms with E-state index in [1.165, 1.54) is 32.1 Å². The lowest BCUT2D eigenvalue weighted by molar-refractivity contribution is 0.103. The van der Waals surface area contributed by atoms with Crippen LogP contribution >= 0.6 is 61.1 Å². The Kier molecular flexibility index (Phi) is 6.37. The molecular formula is C22H19BrI2O3. The fourth-order valence-electron chi connectivity index (χ4n) is 4.01. The molecule has 1 heterocycles. The number of benzene rings is 2. The summed E-state index contributed by atoms with van der Waals surface area (Å²) in [4.78, 5) is 13.5. The van der Waals surface area contributed by atoms with Gasteiger partial charge < -0.3 is 9.52 Å². The molecule has 0 spiro atoms. The van der Waals surface area contributed by atoms with Gasteiger partial charge in [-0.15, -0.1) is 0 Å². The molecule has 0 amide bonds. The second kappa shape index (κ2) is 8.63. The number of aromatic hydroxyl groups is 1. The number of furan rings is 1. The molecule has 3 nitrogen and oxygen atoms in total. The maximum atomic E-state index is 13.5. The number of halogens is 3. The minimum absolute atomic E-state index is 0.0431. The van der Waals surface area contributed by atoms with Gasteiger partial charge >= 0.3 is 0 Å². The Labute approximate surface area is 199 Å². The molecule has 6 heteroatoms. The van der Waals surface area contributed by atoms with E-state index in [2.05, 4.69) is 61.1 Å². The van der Waals surface area contributed by atoms with Crippen LogP contribution < -0.4 is 0 Å². The third-order valence-corrected chi connectivity index (χ3v) is 7.57. The van der Waals surface area contributed by atoms with E-state index in [1.807, 2.05) is 18.2 Å². The van der Waals surface area contributed by atoms with Crippen LogP contribution in [0.15, 0.2) is 39.2 Å². The summed E-state index contributed by atoms with van der Waals surface area (Å²) in [6, 6.07) is 9.33. The monoisotopic (exact) mass is 664 g/mol. The molecule has 0 unspecified atom stereocenters. The molecule has 4 rings (SSSR count).